The Kier molecular flexibility index (Phi) is 5.84. The van der Waals surface area contributed by atoms with Gasteiger partial charge in [0.25, 0.3) is 0 Å². The van der Waals surface area contributed by atoms with E-state index in [0.717, 1.165) is 9.87 Å². The number of carbonyl (C=O) groups is 2. The van der Waals surface area contributed by atoms with E-state index in [2.05, 4.69) is 10.3 Å². The van der Waals surface area contributed by atoms with Crippen LogP contribution in [-0.2, 0) is 25.0 Å². The number of ether oxygens (including phenoxy) is 2. The monoisotopic (exact) mass is 535 g/mol. The molecule has 2 N–H and O–H groups in total. The summed E-state index contributed by atoms with van der Waals surface area (Å²) in [5.41, 5.74) is 1.45. The minimum atomic E-state index is -3.94. The van der Waals surface area contributed by atoms with Crippen LogP contribution >= 0.6 is 0 Å². The van der Waals surface area contributed by atoms with E-state index in [1.807, 2.05) is 18.2 Å². The van der Waals surface area contributed by atoms with Crippen LogP contribution < -0.4 is 14.8 Å². The van der Waals surface area contributed by atoms with Crippen molar-refractivity contribution >= 4 is 27.7 Å². The highest BCUT2D eigenvalue weighted by molar-refractivity contribution is 7.89. The summed E-state index contributed by atoms with van der Waals surface area (Å²) in [6.07, 6.45) is 2.24. The summed E-state index contributed by atoms with van der Waals surface area (Å²) in [7, 11) is -3.94. The Bertz CT molecular complexity index is 1530. The van der Waals surface area contributed by atoms with Crippen molar-refractivity contribution in [3.05, 3.63) is 66.2 Å². The summed E-state index contributed by atoms with van der Waals surface area (Å²) < 4.78 is 38.0. The van der Waals surface area contributed by atoms with Crippen LogP contribution in [0.3, 0.4) is 0 Å². The molecule has 6 rings (SSSR count). The Balaban J connectivity index is 1.19. The molecule has 3 heterocycles. The van der Waals surface area contributed by atoms with Crippen molar-refractivity contribution in [2.75, 3.05) is 18.7 Å². The molecule has 10 nitrogen and oxygen atoms in total. The lowest BCUT2D eigenvalue weighted by Gasteiger charge is -2.21. The molecule has 2 fully saturated rings. The number of benzene rings is 2. The molecule has 1 saturated carbocycles. The molecule has 196 valence electrons. The van der Waals surface area contributed by atoms with Crippen LogP contribution in [0.4, 0.5) is 5.82 Å². The highest BCUT2D eigenvalue weighted by atomic mass is 32.2. The number of carboxylic acid groups (broad SMARTS) is 1. The van der Waals surface area contributed by atoms with Crippen molar-refractivity contribution < 1.29 is 32.6 Å². The Labute approximate surface area is 219 Å². The van der Waals surface area contributed by atoms with Crippen LogP contribution in [0.1, 0.15) is 31.2 Å². The number of rotatable bonds is 7. The molecule has 1 atom stereocenters. The average Bonchev–Trinajstić information content (AvgIpc) is 3.33. The summed E-state index contributed by atoms with van der Waals surface area (Å²) in [5, 5.41) is 12.3. The standard InChI is InChI=1S/C27H25N3O7S/c31-25(32)21-4-2-14-30(21)38(34,35)19-9-6-17(7-10-19)20-3-1-5-24(28-20)29-26(33)27(12-13-27)18-8-11-22-23(15-18)37-16-36-22/h1,3,5-11,15,21H,2,4,12-14,16H2,(H,31,32)(H,28,29,33)/t21-/m0/s1. The number of sulfonamides is 1. The Morgan fingerprint density at radius 2 is 1.79 bits per heavy atom. The van der Waals surface area contributed by atoms with Gasteiger partial charge in [0.1, 0.15) is 11.9 Å². The van der Waals surface area contributed by atoms with E-state index in [1.54, 1.807) is 30.3 Å². The van der Waals surface area contributed by atoms with Gasteiger partial charge in [0.15, 0.2) is 11.5 Å². The van der Waals surface area contributed by atoms with Gasteiger partial charge >= 0.3 is 5.97 Å². The van der Waals surface area contributed by atoms with E-state index in [4.69, 9.17) is 9.47 Å². The second-order valence-corrected chi connectivity index (χ2v) is 11.5. The van der Waals surface area contributed by atoms with E-state index in [1.165, 1.54) is 12.1 Å². The quantitative estimate of drug-likeness (QED) is 0.470. The van der Waals surface area contributed by atoms with Crippen molar-refractivity contribution in [2.24, 2.45) is 0 Å². The van der Waals surface area contributed by atoms with Crippen molar-refractivity contribution in [3.63, 3.8) is 0 Å². The number of anilines is 1. The number of aromatic nitrogens is 1. The Hall–Kier alpha value is -3.96. The van der Waals surface area contributed by atoms with E-state index < -0.39 is 27.4 Å². The molecule has 1 saturated heterocycles. The van der Waals surface area contributed by atoms with E-state index in [9.17, 15) is 23.1 Å². The Morgan fingerprint density at radius 3 is 2.53 bits per heavy atom. The summed E-state index contributed by atoms with van der Waals surface area (Å²) in [6, 6.07) is 15.9. The molecule has 3 aromatic rings. The molecule has 1 aromatic heterocycles. The van der Waals surface area contributed by atoms with Crippen LogP contribution in [0.15, 0.2) is 65.6 Å². The van der Waals surface area contributed by atoms with E-state index in [-0.39, 0.29) is 24.1 Å². The van der Waals surface area contributed by atoms with Gasteiger partial charge in [-0.1, -0.05) is 24.3 Å². The fourth-order valence-corrected chi connectivity index (χ4v) is 6.73. The molecular weight excluding hydrogens is 510 g/mol. The molecule has 3 aliphatic rings. The predicted octanol–water partition coefficient (Wildman–Crippen LogP) is 3.39. The van der Waals surface area contributed by atoms with Crippen LogP contribution in [0.2, 0.25) is 0 Å². The lowest BCUT2D eigenvalue weighted by atomic mass is 9.94. The van der Waals surface area contributed by atoms with Gasteiger partial charge in [-0.2, -0.15) is 4.31 Å². The normalized spacial score (nSPS) is 19.7. The maximum Gasteiger partial charge on any atom is 0.322 e. The van der Waals surface area contributed by atoms with Gasteiger partial charge < -0.3 is 19.9 Å². The molecule has 0 radical (unpaired) electrons. The zero-order valence-corrected chi connectivity index (χ0v) is 21.1. The highest BCUT2D eigenvalue weighted by Crippen LogP contribution is 2.51. The minimum Gasteiger partial charge on any atom is -0.480 e. The topological polar surface area (TPSA) is 135 Å². The van der Waals surface area contributed by atoms with Crippen LogP contribution in [0.5, 0.6) is 11.5 Å². The number of nitrogens with zero attached hydrogens (tertiary/aromatic N) is 2. The second-order valence-electron chi connectivity index (χ2n) is 9.65. The first-order valence-electron chi connectivity index (χ1n) is 12.3. The van der Waals surface area contributed by atoms with Crippen molar-refractivity contribution in [1.29, 1.82) is 0 Å². The number of pyridine rings is 1. The number of hydrogen-bond acceptors (Lipinski definition) is 7. The first-order valence-corrected chi connectivity index (χ1v) is 13.8. The predicted molar refractivity (Wildman–Crippen MR) is 136 cm³/mol. The summed E-state index contributed by atoms with van der Waals surface area (Å²) in [4.78, 5) is 29.3. The molecular formula is C27H25N3O7S. The fraction of sp³-hybridized carbons (Fsp3) is 0.296. The van der Waals surface area contributed by atoms with Crippen LogP contribution in [-0.4, -0.2) is 54.1 Å². The van der Waals surface area contributed by atoms with Gasteiger partial charge in [-0.05, 0) is 67.6 Å². The number of aliphatic carboxylic acids is 1. The third kappa shape index (κ3) is 4.17. The highest BCUT2D eigenvalue weighted by Gasteiger charge is 2.52. The largest absolute Gasteiger partial charge is 0.480 e. The SMILES string of the molecule is O=C(O)[C@@H]1CCCN1S(=O)(=O)c1ccc(-c2cccc(NC(=O)C3(c4ccc5c(c4)OCO5)CC3)n2)cc1. The maximum atomic E-state index is 13.3. The zero-order valence-electron chi connectivity index (χ0n) is 20.3. The van der Waals surface area contributed by atoms with Gasteiger partial charge in [-0.15, -0.1) is 0 Å². The van der Waals surface area contributed by atoms with Crippen molar-refractivity contribution in [2.45, 2.75) is 42.0 Å². The van der Waals surface area contributed by atoms with Gasteiger partial charge in [-0.25, -0.2) is 13.4 Å². The number of nitrogens with one attached hydrogen (secondary N) is 1. The fourth-order valence-electron chi connectivity index (χ4n) is 5.07. The summed E-state index contributed by atoms with van der Waals surface area (Å²) in [6.45, 7) is 0.348. The lowest BCUT2D eigenvalue weighted by molar-refractivity contribution is -0.140. The van der Waals surface area contributed by atoms with Crippen molar-refractivity contribution in [1.82, 2.24) is 9.29 Å². The minimum absolute atomic E-state index is 0.0262. The number of amides is 1. The van der Waals surface area contributed by atoms with Gasteiger partial charge in [0.05, 0.1) is 16.0 Å². The smallest absolute Gasteiger partial charge is 0.322 e. The first-order chi connectivity index (χ1) is 18.3. The molecule has 11 heteroatoms. The first kappa shape index (κ1) is 24.4. The number of carbonyl (C=O) groups excluding carboxylic acids is 1. The third-order valence-corrected chi connectivity index (χ3v) is 9.27. The number of carboxylic acids is 1. The molecule has 1 amide bonds. The Morgan fingerprint density at radius 1 is 1.03 bits per heavy atom. The maximum absolute atomic E-state index is 13.3. The summed E-state index contributed by atoms with van der Waals surface area (Å²) in [5.74, 6) is 0.395. The summed E-state index contributed by atoms with van der Waals surface area (Å²) >= 11 is 0. The third-order valence-electron chi connectivity index (χ3n) is 7.35. The van der Waals surface area contributed by atoms with Crippen molar-refractivity contribution in [3.8, 4) is 22.8 Å². The average molecular weight is 536 g/mol. The molecule has 0 bridgehead atoms. The van der Waals surface area contributed by atoms with Crippen LogP contribution in [0.25, 0.3) is 11.3 Å². The number of fused-ring (bicyclic) bond motifs is 1. The van der Waals surface area contributed by atoms with E-state index in [0.29, 0.717) is 54.3 Å². The lowest BCUT2D eigenvalue weighted by Crippen LogP contribution is -2.40. The van der Waals surface area contributed by atoms with Gasteiger partial charge in [0.2, 0.25) is 22.7 Å². The second kappa shape index (κ2) is 9.10. The zero-order chi connectivity index (χ0) is 26.5. The molecule has 0 spiro atoms. The number of hydrogen-bond donors (Lipinski definition) is 2. The molecule has 38 heavy (non-hydrogen) atoms. The van der Waals surface area contributed by atoms with E-state index >= 15 is 0 Å². The molecule has 2 aliphatic heterocycles. The van der Waals surface area contributed by atoms with Gasteiger partial charge in [-0.3, -0.25) is 9.59 Å². The molecule has 1 aliphatic carbocycles. The van der Waals surface area contributed by atoms with Crippen LogP contribution in [0, 0.1) is 0 Å². The van der Waals surface area contributed by atoms with Gasteiger partial charge in [0, 0.05) is 12.1 Å². The molecule has 0 unspecified atom stereocenters. The molecule has 2 aromatic carbocycles.